The fourth-order valence-electron chi connectivity index (χ4n) is 2.09. The van der Waals surface area contributed by atoms with E-state index in [1.54, 1.807) is 36.4 Å². The van der Waals surface area contributed by atoms with Crippen molar-refractivity contribution in [3.63, 3.8) is 0 Å². The van der Waals surface area contributed by atoms with E-state index in [-0.39, 0.29) is 17.6 Å². The molecule has 2 amide bonds. The van der Waals surface area contributed by atoms with E-state index in [1.807, 2.05) is 27.7 Å². The van der Waals surface area contributed by atoms with Crippen molar-refractivity contribution in [2.24, 2.45) is 5.41 Å². The summed E-state index contributed by atoms with van der Waals surface area (Å²) in [6.07, 6.45) is 4.06. The molecule has 0 radical (unpaired) electrons. The molecule has 0 saturated carbocycles. The molecule has 0 aliphatic heterocycles. The highest BCUT2D eigenvalue weighted by molar-refractivity contribution is 6.10. The van der Waals surface area contributed by atoms with Crippen LogP contribution in [0.2, 0.25) is 0 Å². The number of allylic oxidation sites excluding steroid dienone is 3. The van der Waals surface area contributed by atoms with Crippen molar-refractivity contribution >= 4 is 17.6 Å². The van der Waals surface area contributed by atoms with Crippen molar-refractivity contribution in [2.45, 2.75) is 34.1 Å². The van der Waals surface area contributed by atoms with Gasteiger partial charge in [0.1, 0.15) is 0 Å². The van der Waals surface area contributed by atoms with Gasteiger partial charge in [0.2, 0.25) is 5.91 Å². The molecule has 1 aromatic carbocycles. The van der Waals surface area contributed by atoms with E-state index in [4.69, 9.17) is 0 Å². The highest BCUT2D eigenvalue weighted by atomic mass is 16.2. The monoisotopic (exact) mass is 356 g/mol. The van der Waals surface area contributed by atoms with E-state index in [0.29, 0.717) is 36.2 Å². The number of amides is 2. The summed E-state index contributed by atoms with van der Waals surface area (Å²) in [6, 6.07) is 6.48. The van der Waals surface area contributed by atoms with Gasteiger partial charge < -0.3 is 10.6 Å². The molecular weight excluding hydrogens is 328 g/mol. The first-order chi connectivity index (χ1) is 12.2. The molecule has 1 rings (SSSR count). The van der Waals surface area contributed by atoms with E-state index in [1.165, 1.54) is 0 Å². The Balaban J connectivity index is 2.45. The Morgan fingerprint density at radius 1 is 1.00 bits per heavy atom. The van der Waals surface area contributed by atoms with Gasteiger partial charge in [-0.15, -0.1) is 0 Å². The van der Waals surface area contributed by atoms with Crippen LogP contribution in [-0.2, 0) is 4.79 Å². The number of carbonyl (C=O) groups is 3. The van der Waals surface area contributed by atoms with E-state index in [0.717, 1.165) is 0 Å². The lowest BCUT2D eigenvalue weighted by Gasteiger charge is -2.17. The van der Waals surface area contributed by atoms with Gasteiger partial charge in [-0.1, -0.05) is 51.6 Å². The Morgan fingerprint density at radius 2 is 1.54 bits per heavy atom. The van der Waals surface area contributed by atoms with Gasteiger partial charge >= 0.3 is 0 Å². The summed E-state index contributed by atoms with van der Waals surface area (Å²) in [4.78, 5) is 35.9. The average Bonchev–Trinajstić information content (AvgIpc) is 2.60. The molecule has 0 fully saturated rings. The summed E-state index contributed by atoms with van der Waals surface area (Å²) in [6.45, 7) is 12.1. The van der Waals surface area contributed by atoms with Gasteiger partial charge in [0.15, 0.2) is 5.78 Å². The molecule has 0 aliphatic rings. The van der Waals surface area contributed by atoms with Crippen molar-refractivity contribution in [1.29, 1.82) is 0 Å². The Kier molecular flexibility index (Phi) is 7.97. The normalized spacial score (nSPS) is 11.2. The van der Waals surface area contributed by atoms with Gasteiger partial charge in [0, 0.05) is 35.2 Å². The second-order valence-corrected chi connectivity index (χ2v) is 7.05. The van der Waals surface area contributed by atoms with Gasteiger partial charge in [-0.05, 0) is 25.5 Å². The summed E-state index contributed by atoms with van der Waals surface area (Å²) >= 11 is 0. The Bertz CT molecular complexity index is 695. The van der Waals surface area contributed by atoms with E-state index in [2.05, 4.69) is 17.2 Å². The molecule has 0 heterocycles. The zero-order valence-corrected chi connectivity index (χ0v) is 16.0. The predicted molar refractivity (Wildman–Crippen MR) is 104 cm³/mol. The molecule has 2 N–H and O–H groups in total. The van der Waals surface area contributed by atoms with Crippen LogP contribution >= 0.6 is 0 Å². The minimum absolute atomic E-state index is 0.0106. The third-order valence-electron chi connectivity index (χ3n) is 3.67. The van der Waals surface area contributed by atoms with Crippen molar-refractivity contribution in [1.82, 2.24) is 10.6 Å². The maximum Gasteiger partial charge on any atom is 0.251 e. The smallest absolute Gasteiger partial charge is 0.251 e. The Morgan fingerprint density at radius 3 is 2.08 bits per heavy atom. The van der Waals surface area contributed by atoms with Gasteiger partial charge in [-0.3, -0.25) is 14.4 Å². The maximum atomic E-state index is 12.1. The molecule has 1 aromatic rings. The first-order valence-electron chi connectivity index (χ1n) is 8.69. The molecule has 0 saturated heterocycles. The Hall–Kier alpha value is -2.69. The van der Waals surface area contributed by atoms with Crippen LogP contribution in [0.1, 0.15) is 54.8 Å². The van der Waals surface area contributed by atoms with Crippen molar-refractivity contribution in [3.8, 4) is 0 Å². The molecule has 5 nitrogen and oxygen atoms in total. The van der Waals surface area contributed by atoms with Crippen LogP contribution in [0.5, 0.6) is 0 Å². The third kappa shape index (κ3) is 6.67. The molecule has 5 heteroatoms. The number of nitrogens with one attached hydrogen (secondary N) is 2. The molecule has 0 unspecified atom stereocenters. The largest absolute Gasteiger partial charge is 0.356 e. The minimum Gasteiger partial charge on any atom is -0.356 e. The highest BCUT2D eigenvalue weighted by Gasteiger charge is 2.20. The summed E-state index contributed by atoms with van der Waals surface area (Å²) in [5.74, 6) is -0.383. The summed E-state index contributed by atoms with van der Waals surface area (Å²) in [5.41, 5.74) is 0.967. The van der Waals surface area contributed by atoms with E-state index < -0.39 is 5.41 Å². The topological polar surface area (TPSA) is 75.3 Å². The molecule has 0 atom stereocenters. The fourth-order valence-corrected chi connectivity index (χ4v) is 2.09. The van der Waals surface area contributed by atoms with Crippen LogP contribution in [0.3, 0.4) is 0 Å². The molecular formula is C21H28N2O3. The number of rotatable bonds is 8. The summed E-state index contributed by atoms with van der Waals surface area (Å²) in [5, 5.41) is 5.63. The summed E-state index contributed by atoms with van der Waals surface area (Å²) < 4.78 is 0. The second kappa shape index (κ2) is 9.70. The quantitative estimate of drug-likeness (QED) is 0.325. The molecule has 26 heavy (non-hydrogen) atoms. The molecule has 0 aromatic heterocycles. The number of carbonyl (C=O) groups excluding carboxylic acids is 3. The zero-order chi connectivity index (χ0) is 19.7. The molecule has 140 valence electrons. The van der Waals surface area contributed by atoms with Crippen molar-refractivity contribution in [3.05, 3.63) is 59.7 Å². The van der Waals surface area contributed by atoms with Crippen molar-refractivity contribution < 1.29 is 14.4 Å². The molecule has 0 aliphatic carbocycles. The van der Waals surface area contributed by atoms with Crippen LogP contribution in [-0.4, -0.2) is 30.7 Å². The van der Waals surface area contributed by atoms with Crippen LogP contribution in [0.4, 0.5) is 0 Å². The van der Waals surface area contributed by atoms with E-state index >= 15 is 0 Å². The fraction of sp³-hybridized carbons (Fsp3) is 0.381. The second-order valence-electron chi connectivity index (χ2n) is 7.05. The number of hydrogen-bond donors (Lipinski definition) is 2. The first-order valence-corrected chi connectivity index (χ1v) is 8.69. The molecule has 0 spiro atoms. The standard InChI is InChI=1S/C21H28N2O3/c1-6-8-15(2)18(24)16-9-11-17(12-10-16)19(25)22-13-7-14-23-20(26)21(3,4)5/h6,8-12H,2,7,13-14H2,1,3-5H3,(H,22,25)(H,23,26)/b8-6-. The number of Topliss-reactive ketones (excluding diaryl/α,β-unsaturated/α-hetero) is 1. The number of benzene rings is 1. The highest BCUT2D eigenvalue weighted by Crippen LogP contribution is 2.12. The van der Waals surface area contributed by atoms with Crippen LogP contribution in [0.15, 0.2) is 48.6 Å². The van der Waals surface area contributed by atoms with Gasteiger partial charge in [0.25, 0.3) is 5.91 Å². The van der Waals surface area contributed by atoms with E-state index in [9.17, 15) is 14.4 Å². The van der Waals surface area contributed by atoms with Gasteiger partial charge in [0.05, 0.1) is 0 Å². The lowest BCUT2D eigenvalue weighted by molar-refractivity contribution is -0.128. The first kappa shape index (κ1) is 21.4. The summed E-state index contributed by atoms with van der Waals surface area (Å²) in [7, 11) is 0. The SMILES string of the molecule is C=C(/C=C\C)C(=O)c1ccc(C(=O)NCCCNC(=O)C(C)(C)C)cc1. The predicted octanol–water partition coefficient (Wildman–Crippen LogP) is 3.28. The van der Waals surface area contributed by atoms with Gasteiger partial charge in [-0.2, -0.15) is 0 Å². The third-order valence-corrected chi connectivity index (χ3v) is 3.67. The number of ketones is 1. The lowest BCUT2D eigenvalue weighted by Crippen LogP contribution is -2.36. The Labute approximate surface area is 155 Å². The van der Waals surface area contributed by atoms with Gasteiger partial charge in [-0.25, -0.2) is 0 Å². The van der Waals surface area contributed by atoms with Crippen LogP contribution < -0.4 is 10.6 Å². The average molecular weight is 356 g/mol. The minimum atomic E-state index is -0.416. The maximum absolute atomic E-state index is 12.1. The number of hydrogen-bond acceptors (Lipinski definition) is 3. The lowest BCUT2D eigenvalue weighted by atomic mass is 9.96. The van der Waals surface area contributed by atoms with Crippen molar-refractivity contribution in [2.75, 3.05) is 13.1 Å². The van der Waals surface area contributed by atoms with Crippen LogP contribution in [0, 0.1) is 5.41 Å². The molecule has 0 bridgehead atoms. The zero-order valence-electron chi connectivity index (χ0n) is 16.0. The van der Waals surface area contributed by atoms with Crippen LogP contribution in [0.25, 0.3) is 0 Å².